The van der Waals surface area contributed by atoms with Crippen LogP contribution in [0.5, 0.6) is 0 Å². The lowest BCUT2D eigenvalue weighted by Gasteiger charge is -2.08. The largest absolute Gasteiger partial charge is 0.438 e. The summed E-state index contributed by atoms with van der Waals surface area (Å²) in [4.78, 5) is 22.1. The van der Waals surface area contributed by atoms with E-state index in [0.29, 0.717) is 11.0 Å². The van der Waals surface area contributed by atoms with Gasteiger partial charge in [-0.2, -0.15) is 0 Å². The lowest BCUT2D eigenvalue weighted by Crippen LogP contribution is -2.33. The van der Waals surface area contributed by atoms with Crippen molar-refractivity contribution >= 4 is 22.6 Å². The smallest absolute Gasteiger partial charge is 0.270 e. The molecule has 2 rings (SSSR count). The van der Waals surface area contributed by atoms with E-state index in [0.717, 1.165) is 0 Å². The Labute approximate surface area is 113 Å². The maximum atomic E-state index is 11.9. The fourth-order valence-corrected chi connectivity index (χ4v) is 1.75. The Morgan fingerprint density at radius 3 is 2.70 bits per heavy atom. The van der Waals surface area contributed by atoms with Gasteiger partial charge in [0, 0.05) is 23.6 Å². The van der Waals surface area contributed by atoms with Crippen LogP contribution in [0, 0.1) is 15.5 Å². The molecular weight excluding hydrogens is 262 g/mol. The van der Waals surface area contributed by atoms with Crippen LogP contribution in [0.2, 0.25) is 0 Å². The summed E-state index contributed by atoms with van der Waals surface area (Å²) in [5.41, 5.74) is -0.00135. The zero-order valence-electron chi connectivity index (χ0n) is 11.0. The second-order valence-electron chi connectivity index (χ2n) is 4.60. The van der Waals surface area contributed by atoms with Crippen molar-refractivity contribution in [2.45, 2.75) is 19.9 Å². The Balaban J connectivity index is 2.56. The first-order valence-electron chi connectivity index (χ1n) is 5.96. The summed E-state index contributed by atoms with van der Waals surface area (Å²) in [5.74, 6) is -0.442. The maximum absolute atomic E-state index is 11.9. The number of hydrogen-bond donors (Lipinski definition) is 2. The molecule has 7 nitrogen and oxygen atoms in total. The molecule has 0 fully saturated rings. The van der Waals surface area contributed by atoms with E-state index < -0.39 is 10.8 Å². The molecular formula is C13H13N3O4. The van der Waals surface area contributed by atoms with Crippen LogP contribution in [0.4, 0.5) is 5.69 Å². The number of carbonyl (C=O) groups excluding carboxylic acids is 1. The topological polar surface area (TPSA) is 109 Å². The molecule has 0 aliphatic rings. The minimum absolute atomic E-state index is 0.0479. The van der Waals surface area contributed by atoms with Crippen LogP contribution in [0.3, 0.4) is 0 Å². The molecule has 2 N–H and O–H groups in total. The fourth-order valence-electron chi connectivity index (χ4n) is 1.75. The first-order valence-corrected chi connectivity index (χ1v) is 5.96. The summed E-state index contributed by atoms with van der Waals surface area (Å²) in [6.45, 7) is 3.59. The van der Waals surface area contributed by atoms with Crippen molar-refractivity contribution in [3.05, 3.63) is 45.5 Å². The molecule has 0 unspecified atom stereocenters. The van der Waals surface area contributed by atoms with Gasteiger partial charge in [-0.3, -0.25) is 20.3 Å². The Hall–Kier alpha value is -2.70. The van der Waals surface area contributed by atoms with E-state index >= 15 is 0 Å². The van der Waals surface area contributed by atoms with E-state index in [1.165, 1.54) is 24.3 Å². The van der Waals surface area contributed by atoms with E-state index in [1.54, 1.807) is 13.8 Å². The van der Waals surface area contributed by atoms with E-state index in [2.05, 4.69) is 5.32 Å². The van der Waals surface area contributed by atoms with Crippen LogP contribution in [-0.2, 0) is 0 Å². The Morgan fingerprint density at radius 2 is 2.10 bits per heavy atom. The second kappa shape index (κ2) is 5.12. The minimum Gasteiger partial charge on any atom is -0.438 e. The van der Waals surface area contributed by atoms with Gasteiger partial charge in [-0.05, 0) is 26.0 Å². The zero-order valence-corrected chi connectivity index (χ0v) is 11.0. The molecule has 1 aromatic carbocycles. The number of hydrogen-bond acceptors (Lipinski definition) is 5. The first-order chi connectivity index (χ1) is 9.38. The third-order valence-corrected chi connectivity index (χ3v) is 2.63. The van der Waals surface area contributed by atoms with Gasteiger partial charge < -0.3 is 9.73 Å². The first kappa shape index (κ1) is 13.7. The van der Waals surface area contributed by atoms with Gasteiger partial charge in [0.15, 0.2) is 0 Å². The summed E-state index contributed by atoms with van der Waals surface area (Å²) in [6.07, 6.45) is 0. The van der Waals surface area contributed by atoms with Gasteiger partial charge in [-0.25, -0.2) is 0 Å². The normalized spacial score (nSPS) is 10.8. The van der Waals surface area contributed by atoms with Crippen molar-refractivity contribution < 1.29 is 14.1 Å². The molecule has 0 aliphatic carbocycles. The van der Waals surface area contributed by atoms with Crippen LogP contribution in [0.15, 0.2) is 28.7 Å². The number of fused-ring (bicyclic) bond motifs is 1. The highest BCUT2D eigenvalue weighted by molar-refractivity contribution is 5.96. The Morgan fingerprint density at radius 1 is 1.40 bits per heavy atom. The average Bonchev–Trinajstić information content (AvgIpc) is 2.36. The molecule has 0 atom stereocenters. The third kappa shape index (κ3) is 2.66. The molecule has 0 spiro atoms. The molecule has 1 amide bonds. The number of amides is 1. The van der Waals surface area contributed by atoms with Crippen LogP contribution in [-0.4, -0.2) is 16.9 Å². The van der Waals surface area contributed by atoms with Crippen molar-refractivity contribution in [3.8, 4) is 0 Å². The zero-order chi connectivity index (χ0) is 14.9. The molecule has 0 bridgehead atoms. The number of benzene rings is 1. The van der Waals surface area contributed by atoms with Crippen LogP contribution < -0.4 is 10.9 Å². The molecule has 0 radical (unpaired) electrons. The second-order valence-corrected chi connectivity index (χ2v) is 4.60. The monoisotopic (exact) mass is 275 g/mol. The molecule has 20 heavy (non-hydrogen) atoms. The van der Waals surface area contributed by atoms with Crippen LogP contribution in [0.25, 0.3) is 11.0 Å². The number of nitrogens with one attached hydrogen (secondary N) is 2. The molecule has 0 saturated carbocycles. The summed E-state index contributed by atoms with van der Waals surface area (Å²) in [6, 6.07) is 5.35. The standard InChI is InChI=1S/C13H13N3O4/c1-7(2)15-13(17)10-6-8-5-9(16(18)19)3-4-11(8)20-12(10)14/h3-7,14H,1-2H3,(H,15,17). The molecule has 104 valence electrons. The average molecular weight is 275 g/mol. The number of nitro benzene ring substituents is 1. The van der Waals surface area contributed by atoms with Gasteiger partial charge in [0.1, 0.15) is 11.1 Å². The van der Waals surface area contributed by atoms with Gasteiger partial charge in [0.2, 0.25) is 5.55 Å². The van der Waals surface area contributed by atoms with E-state index in [1.807, 2.05) is 0 Å². The highest BCUT2D eigenvalue weighted by atomic mass is 16.6. The van der Waals surface area contributed by atoms with Gasteiger partial charge >= 0.3 is 0 Å². The van der Waals surface area contributed by atoms with Gasteiger partial charge in [-0.15, -0.1) is 0 Å². The number of nitro groups is 1. The van der Waals surface area contributed by atoms with E-state index in [9.17, 15) is 14.9 Å². The lowest BCUT2D eigenvalue weighted by molar-refractivity contribution is -0.384. The van der Waals surface area contributed by atoms with Gasteiger partial charge in [-0.1, -0.05) is 0 Å². The van der Waals surface area contributed by atoms with Crippen molar-refractivity contribution in [2.24, 2.45) is 0 Å². The lowest BCUT2D eigenvalue weighted by atomic mass is 10.1. The quantitative estimate of drug-likeness (QED) is 0.659. The Bertz CT molecular complexity index is 749. The van der Waals surface area contributed by atoms with Crippen molar-refractivity contribution in [1.82, 2.24) is 5.32 Å². The maximum Gasteiger partial charge on any atom is 0.270 e. The number of rotatable bonds is 3. The Kier molecular flexibility index (Phi) is 3.51. The predicted octanol–water partition coefficient (Wildman–Crippen LogP) is 1.96. The van der Waals surface area contributed by atoms with Crippen LogP contribution in [0.1, 0.15) is 24.2 Å². The minimum atomic E-state index is -0.526. The van der Waals surface area contributed by atoms with Gasteiger partial charge in [0.25, 0.3) is 11.6 Å². The molecule has 0 saturated heterocycles. The highest BCUT2D eigenvalue weighted by Gasteiger charge is 2.14. The summed E-state index contributed by atoms with van der Waals surface area (Å²) in [7, 11) is 0. The third-order valence-electron chi connectivity index (χ3n) is 2.63. The summed E-state index contributed by atoms with van der Waals surface area (Å²) < 4.78 is 5.21. The number of nitrogens with zero attached hydrogens (tertiary/aromatic N) is 1. The predicted molar refractivity (Wildman–Crippen MR) is 71.3 cm³/mol. The molecule has 1 heterocycles. The highest BCUT2D eigenvalue weighted by Crippen LogP contribution is 2.20. The molecule has 7 heteroatoms. The van der Waals surface area contributed by atoms with Crippen molar-refractivity contribution in [3.63, 3.8) is 0 Å². The summed E-state index contributed by atoms with van der Waals surface area (Å²) >= 11 is 0. The van der Waals surface area contributed by atoms with E-state index in [-0.39, 0.29) is 22.8 Å². The van der Waals surface area contributed by atoms with E-state index in [4.69, 9.17) is 9.83 Å². The molecule has 0 aliphatic heterocycles. The van der Waals surface area contributed by atoms with Crippen molar-refractivity contribution in [1.29, 1.82) is 5.41 Å². The summed E-state index contributed by atoms with van der Waals surface area (Å²) in [5, 5.41) is 21.5. The SMILES string of the molecule is CC(C)NC(=O)c1cc2cc([N+](=O)[O-])ccc2oc1=N. The van der Waals surface area contributed by atoms with Crippen molar-refractivity contribution in [2.75, 3.05) is 0 Å². The van der Waals surface area contributed by atoms with Gasteiger partial charge in [0.05, 0.1) is 4.92 Å². The molecule has 2 aromatic rings. The number of carbonyl (C=O) groups is 1. The number of non-ortho nitro benzene ring substituents is 1. The van der Waals surface area contributed by atoms with Crippen LogP contribution >= 0.6 is 0 Å². The fraction of sp³-hybridized carbons (Fsp3) is 0.231. The molecule has 1 aromatic heterocycles.